The van der Waals surface area contributed by atoms with Crippen LogP contribution in [0.1, 0.15) is 15.9 Å². The molecule has 1 fully saturated rings. The Bertz CT molecular complexity index is 437. The predicted molar refractivity (Wildman–Crippen MR) is 68.7 cm³/mol. The van der Waals surface area contributed by atoms with Crippen molar-refractivity contribution in [2.75, 3.05) is 31.1 Å². The molecule has 0 spiro atoms. The normalized spacial score (nSPS) is 15.6. The first-order chi connectivity index (χ1) is 8.26. The van der Waals surface area contributed by atoms with Gasteiger partial charge in [-0.3, -0.25) is 4.79 Å². The van der Waals surface area contributed by atoms with Crippen LogP contribution in [0.2, 0.25) is 0 Å². The van der Waals surface area contributed by atoms with E-state index in [1.54, 1.807) is 18.2 Å². The Balaban J connectivity index is 2.40. The first kappa shape index (κ1) is 11.7. The summed E-state index contributed by atoms with van der Waals surface area (Å²) in [4.78, 5) is 12.9. The third-order valence-electron chi connectivity index (χ3n) is 2.98. The number of aromatic hydroxyl groups is 1. The molecule has 1 saturated heterocycles. The lowest BCUT2D eigenvalue weighted by Crippen LogP contribution is -2.43. The van der Waals surface area contributed by atoms with E-state index in [1.165, 1.54) is 0 Å². The Morgan fingerprint density at radius 1 is 1.29 bits per heavy atom. The van der Waals surface area contributed by atoms with Crippen molar-refractivity contribution in [3.05, 3.63) is 29.8 Å². The van der Waals surface area contributed by atoms with Gasteiger partial charge in [-0.05, 0) is 11.6 Å². The van der Waals surface area contributed by atoms with Gasteiger partial charge in [0.2, 0.25) is 0 Å². The molecule has 0 radical (unpaired) electrons. The number of hydrogen-bond acceptors (Lipinski definition) is 4. The third kappa shape index (κ3) is 2.31. The molecule has 1 heterocycles. The SMILES string of the molecule is C=Cc1cc(C=O)c(O)cc1N1CCNCC1. The second kappa shape index (κ2) is 5.01. The number of phenolic OH excluding ortho intramolecular Hbond substituents is 1. The Labute approximate surface area is 101 Å². The monoisotopic (exact) mass is 232 g/mol. The van der Waals surface area contributed by atoms with Crippen LogP contribution in [-0.4, -0.2) is 37.6 Å². The van der Waals surface area contributed by atoms with E-state index in [0.717, 1.165) is 37.4 Å². The quantitative estimate of drug-likeness (QED) is 0.770. The van der Waals surface area contributed by atoms with E-state index in [0.29, 0.717) is 11.8 Å². The number of piperazine rings is 1. The van der Waals surface area contributed by atoms with Crippen LogP contribution in [0.3, 0.4) is 0 Å². The molecule has 4 heteroatoms. The van der Waals surface area contributed by atoms with Crippen molar-refractivity contribution in [1.82, 2.24) is 5.32 Å². The van der Waals surface area contributed by atoms with Crippen molar-refractivity contribution < 1.29 is 9.90 Å². The number of carbonyl (C=O) groups excluding carboxylic acids is 1. The number of aldehydes is 1. The molecule has 0 aliphatic carbocycles. The molecular formula is C13H16N2O2. The second-order valence-electron chi connectivity index (χ2n) is 4.03. The highest BCUT2D eigenvalue weighted by Crippen LogP contribution is 2.29. The molecule has 0 bridgehead atoms. The fourth-order valence-corrected chi connectivity index (χ4v) is 2.05. The minimum Gasteiger partial charge on any atom is -0.507 e. The number of nitrogens with one attached hydrogen (secondary N) is 1. The van der Waals surface area contributed by atoms with Gasteiger partial charge in [-0.1, -0.05) is 12.7 Å². The Morgan fingerprint density at radius 3 is 2.59 bits per heavy atom. The van der Waals surface area contributed by atoms with Crippen molar-refractivity contribution >= 4 is 18.0 Å². The highest BCUT2D eigenvalue weighted by molar-refractivity contribution is 5.84. The van der Waals surface area contributed by atoms with Crippen LogP contribution < -0.4 is 10.2 Å². The van der Waals surface area contributed by atoms with E-state index in [9.17, 15) is 9.90 Å². The molecule has 90 valence electrons. The number of benzene rings is 1. The number of phenols is 1. The van der Waals surface area contributed by atoms with Gasteiger partial charge in [-0.15, -0.1) is 0 Å². The first-order valence-electron chi connectivity index (χ1n) is 5.66. The minimum absolute atomic E-state index is 0.0270. The number of rotatable bonds is 3. The summed E-state index contributed by atoms with van der Waals surface area (Å²) in [7, 11) is 0. The molecule has 2 rings (SSSR count). The minimum atomic E-state index is 0.0270. The van der Waals surface area contributed by atoms with Crippen molar-refractivity contribution in [2.45, 2.75) is 0 Å². The zero-order chi connectivity index (χ0) is 12.3. The maximum atomic E-state index is 10.8. The molecule has 4 nitrogen and oxygen atoms in total. The summed E-state index contributed by atoms with van der Waals surface area (Å²) in [6.07, 6.45) is 2.37. The molecular weight excluding hydrogens is 216 g/mol. The van der Waals surface area contributed by atoms with E-state index >= 15 is 0 Å². The van der Waals surface area contributed by atoms with Crippen LogP contribution in [0, 0.1) is 0 Å². The Morgan fingerprint density at radius 2 is 2.00 bits per heavy atom. The van der Waals surface area contributed by atoms with Crippen molar-refractivity contribution in [2.24, 2.45) is 0 Å². The van der Waals surface area contributed by atoms with Gasteiger partial charge in [0.1, 0.15) is 5.75 Å². The van der Waals surface area contributed by atoms with E-state index in [-0.39, 0.29) is 5.75 Å². The van der Waals surface area contributed by atoms with Crippen LogP contribution in [0.15, 0.2) is 18.7 Å². The molecule has 2 N–H and O–H groups in total. The van der Waals surface area contributed by atoms with Gasteiger partial charge in [-0.2, -0.15) is 0 Å². The van der Waals surface area contributed by atoms with Crippen molar-refractivity contribution in [3.8, 4) is 5.75 Å². The van der Waals surface area contributed by atoms with Gasteiger partial charge >= 0.3 is 0 Å². The summed E-state index contributed by atoms with van der Waals surface area (Å²) in [5.41, 5.74) is 2.12. The second-order valence-corrected chi connectivity index (χ2v) is 4.03. The Hall–Kier alpha value is -1.81. The molecule has 17 heavy (non-hydrogen) atoms. The van der Waals surface area contributed by atoms with Gasteiger partial charge in [-0.25, -0.2) is 0 Å². The van der Waals surface area contributed by atoms with E-state index in [1.807, 2.05) is 0 Å². The summed E-state index contributed by atoms with van der Waals surface area (Å²) in [6, 6.07) is 3.32. The van der Waals surface area contributed by atoms with Crippen LogP contribution in [0.5, 0.6) is 5.75 Å². The highest BCUT2D eigenvalue weighted by Gasteiger charge is 2.15. The molecule has 0 unspecified atom stereocenters. The number of nitrogens with zero attached hydrogens (tertiary/aromatic N) is 1. The van der Waals surface area contributed by atoms with Gasteiger partial charge in [0.15, 0.2) is 6.29 Å². The Kier molecular flexibility index (Phi) is 3.44. The zero-order valence-corrected chi connectivity index (χ0v) is 9.65. The molecule has 0 saturated carbocycles. The largest absolute Gasteiger partial charge is 0.507 e. The van der Waals surface area contributed by atoms with Gasteiger partial charge in [0, 0.05) is 37.9 Å². The molecule has 1 aliphatic rings. The average molecular weight is 232 g/mol. The predicted octanol–water partition coefficient (Wildman–Crippen LogP) is 1.26. The molecule has 0 amide bonds. The van der Waals surface area contributed by atoms with E-state index in [2.05, 4.69) is 16.8 Å². The van der Waals surface area contributed by atoms with Gasteiger partial charge < -0.3 is 15.3 Å². The fourth-order valence-electron chi connectivity index (χ4n) is 2.05. The average Bonchev–Trinajstić information content (AvgIpc) is 2.39. The lowest BCUT2D eigenvalue weighted by atomic mass is 10.1. The van der Waals surface area contributed by atoms with Crippen LogP contribution >= 0.6 is 0 Å². The van der Waals surface area contributed by atoms with Gasteiger partial charge in [0.05, 0.1) is 5.56 Å². The molecule has 1 aliphatic heterocycles. The summed E-state index contributed by atoms with van der Waals surface area (Å²) >= 11 is 0. The number of hydrogen-bond donors (Lipinski definition) is 2. The summed E-state index contributed by atoms with van der Waals surface area (Å²) in [5, 5.41) is 13.0. The molecule has 0 aromatic heterocycles. The number of carbonyl (C=O) groups is 1. The van der Waals surface area contributed by atoms with Crippen LogP contribution in [-0.2, 0) is 0 Å². The highest BCUT2D eigenvalue weighted by atomic mass is 16.3. The topological polar surface area (TPSA) is 52.6 Å². The van der Waals surface area contributed by atoms with Gasteiger partial charge in [0.25, 0.3) is 0 Å². The molecule has 1 aromatic rings. The first-order valence-corrected chi connectivity index (χ1v) is 5.66. The van der Waals surface area contributed by atoms with Crippen LogP contribution in [0.4, 0.5) is 5.69 Å². The fraction of sp³-hybridized carbons (Fsp3) is 0.308. The standard InChI is InChI=1S/C13H16N2O2/c1-2-10-7-11(9-16)13(17)8-12(10)15-5-3-14-4-6-15/h2,7-9,14,17H,1,3-6H2. The van der Waals surface area contributed by atoms with Crippen molar-refractivity contribution in [1.29, 1.82) is 0 Å². The maximum absolute atomic E-state index is 10.8. The lowest BCUT2D eigenvalue weighted by Gasteiger charge is -2.31. The zero-order valence-electron chi connectivity index (χ0n) is 9.65. The lowest BCUT2D eigenvalue weighted by molar-refractivity contribution is 0.112. The van der Waals surface area contributed by atoms with Crippen molar-refractivity contribution in [3.63, 3.8) is 0 Å². The van der Waals surface area contributed by atoms with E-state index in [4.69, 9.17) is 0 Å². The third-order valence-corrected chi connectivity index (χ3v) is 2.98. The number of anilines is 1. The smallest absolute Gasteiger partial charge is 0.153 e. The van der Waals surface area contributed by atoms with E-state index < -0.39 is 0 Å². The molecule has 0 atom stereocenters. The summed E-state index contributed by atoms with van der Waals surface area (Å²) in [6.45, 7) is 7.38. The maximum Gasteiger partial charge on any atom is 0.153 e. The summed E-state index contributed by atoms with van der Waals surface area (Å²) < 4.78 is 0. The molecule has 1 aromatic carbocycles. The van der Waals surface area contributed by atoms with Crippen LogP contribution in [0.25, 0.3) is 6.08 Å². The summed E-state index contributed by atoms with van der Waals surface area (Å²) in [5.74, 6) is 0.0270.